The van der Waals surface area contributed by atoms with Gasteiger partial charge in [0.1, 0.15) is 17.3 Å². The van der Waals surface area contributed by atoms with Crippen LogP contribution in [0, 0.1) is 17.0 Å². The number of para-hydroxylation sites is 1. The summed E-state index contributed by atoms with van der Waals surface area (Å²) >= 11 is 0. The van der Waals surface area contributed by atoms with E-state index in [0.29, 0.717) is 28.4 Å². The molecule has 0 spiro atoms. The van der Waals surface area contributed by atoms with Crippen molar-refractivity contribution in [1.82, 2.24) is 5.43 Å². The van der Waals surface area contributed by atoms with Gasteiger partial charge >= 0.3 is 0 Å². The molecule has 1 atom stereocenters. The highest BCUT2D eigenvalue weighted by Crippen LogP contribution is 2.30. The molecule has 148 valence electrons. The highest BCUT2D eigenvalue weighted by Gasteiger charge is 2.16. The summed E-state index contributed by atoms with van der Waals surface area (Å²) in [4.78, 5) is 22.7. The molecule has 0 aliphatic heterocycles. The molecule has 8 nitrogen and oxygen atoms in total. The molecular weight excluding hydrogens is 374 g/mol. The van der Waals surface area contributed by atoms with Crippen molar-refractivity contribution in [3.05, 3.63) is 82.1 Å². The summed E-state index contributed by atoms with van der Waals surface area (Å²) < 4.78 is 11.2. The zero-order chi connectivity index (χ0) is 20.8. The lowest BCUT2D eigenvalue weighted by atomic mass is 10.1. The van der Waals surface area contributed by atoms with Gasteiger partial charge in [0, 0.05) is 17.2 Å². The van der Waals surface area contributed by atoms with Crippen LogP contribution < -0.4 is 10.2 Å². The normalized spacial score (nSPS) is 11.9. The van der Waals surface area contributed by atoms with Crippen LogP contribution in [-0.2, 0) is 4.79 Å². The number of furan rings is 1. The van der Waals surface area contributed by atoms with Crippen LogP contribution in [0.15, 0.2) is 70.2 Å². The zero-order valence-electron chi connectivity index (χ0n) is 15.9. The van der Waals surface area contributed by atoms with Gasteiger partial charge in [-0.15, -0.1) is 0 Å². The minimum Gasteiger partial charge on any atom is -0.481 e. The van der Waals surface area contributed by atoms with Crippen molar-refractivity contribution < 1.29 is 18.9 Å². The summed E-state index contributed by atoms with van der Waals surface area (Å²) in [7, 11) is 0. The van der Waals surface area contributed by atoms with E-state index in [4.69, 9.17) is 9.15 Å². The molecule has 2 aromatic carbocycles. The highest BCUT2D eigenvalue weighted by atomic mass is 16.6. The maximum Gasteiger partial charge on any atom is 0.280 e. The molecule has 29 heavy (non-hydrogen) atoms. The smallest absolute Gasteiger partial charge is 0.280 e. The largest absolute Gasteiger partial charge is 0.481 e. The van der Waals surface area contributed by atoms with E-state index >= 15 is 0 Å². The molecule has 0 fully saturated rings. The molecule has 1 N–H and O–H groups in total. The van der Waals surface area contributed by atoms with Crippen LogP contribution in [0.5, 0.6) is 5.75 Å². The molecule has 1 heterocycles. The topological polar surface area (TPSA) is 107 Å². The van der Waals surface area contributed by atoms with E-state index in [1.54, 1.807) is 50.2 Å². The summed E-state index contributed by atoms with van der Waals surface area (Å²) in [5, 5.41) is 15.0. The number of amides is 1. The van der Waals surface area contributed by atoms with Gasteiger partial charge in [-0.25, -0.2) is 5.43 Å². The van der Waals surface area contributed by atoms with Crippen molar-refractivity contribution in [2.75, 3.05) is 0 Å². The van der Waals surface area contributed by atoms with Crippen LogP contribution >= 0.6 is 0 Å². The number of carbonyl (C=O) groups is 1. The first-order valence-corrected chi connectivity index (χ1v) is 8.84. The van der Waals surface area contributed by atoms with Crippen molar-refractivity contribution in [3.63, 3.8) is 0 Å². The Morgan fingerprint density at radius 1 is 1.17 bits per heavy atom. The van der Waals surface area contributed by atoms with Crippen molar-refractivity contribution in [3.8, 4) is 17.1 Å². The molecule has 0 saturated heterocycles. The van der Waals surface area contributed by atoms with Crippen molar-refractivity contribution >= 4 is 17.8 Å². The Morgan fingerprint density at radius 2 is 1.93 bits per heavy atom. The number of carbonyl (C=O) groups excluding carboxylic acids is 1. The summed E-state index contributed by atoms with van der Waals surface area (Å²) in [6, 6.07) is 17.1. The van der Waals surface area contributed by atoms with Gasteiger partial charge in [-0.2, -0.15) is 5.10 Å². The Labute approximate surface area is 167 Å². The quantitative estimate of drug-likeness (QED) is 0.370. The maximum absolute atomic E-state index is 12.1. The molecular formula is C21H19N3O5. The molecule has 0 aliphatic rings. The van der Waals surface area contributed by atoms with Gasteiger partial charge in [-0.3, -0.25) is 14.9 Å². The Hall–Kier alpha value is -3.94. The molecule has 8 heteroatoms. The molecule has 1 aromatic heterocycles. The number of nitro benzene ring substituents is 1. The van der Waals surface area contributed by atoms with Crippen LogP contribution in [0.25, 0.3) is 11.3 Å². The predicted molar refractivity (Wildman–Crippen MR) is 108 cm³/mol. The Kier molecular flexibility index (Phi) is 6.03. The molecule has 3 aromatic rings. The van der Waals surface area contributed by atoms with E-state index < -0.39 is 16.9 Å². The predicted octanol–water partition coefficient (Wildman–Crippen LogP) is 4.08. The molecule has 0 aliphatic carbocycles. The van der Waals surface area contributed by atoms with Crippen molar-refractivity contribution in [1.29, 1.82) is 0 Å². The van der Waals surface area contributed by atoms with Gasteiger partial charge in [0.2, 0.25) is 0 Å². The third-order valence-electron chi connectivity index (χ3n) is 4.19. The zero-order valence-corrected chi connectivity index (χ0v) is 15.9. The lowest BCUT2D eigenvalue weighted by Crippen LogP contribution is -2.33. The third kappa shape index (κ3) is 4.86. The van der Waals surface area contributed by atoms with E-state index in [1.807, 2.05) is 18.2 Å². The number of benzene rings is 2. The van der Waals surface area contributed by atoms with Crippen LogP contribution in [-0.4, -0.2) is 23.1 Å². The number of rotatable bonds is 7. The van der Waals surface area contributed by atoms with E-state index in [-0.39, 0.29) is 5.69 Å². The van der Waals surface area contributed by atoms with Gasteiger partial charge in [0.15, 0.2) is 6.10 Å². The number of nitro groups is 1. The van der Waals surface area contributed by atoms with Crippen LogP contribution in [0.1, 0.15) is 18.2 Å². The molecule has 0 bridgehead atoms. The average molecular weight is 393 g/mol. The van der Waals surface area contributed by atoms with E-state index in [1.165, 1.54) is 12.3 Å². The first kappa shape index (κ1) is 19.8. The van der Waals surface area contributed by atoms with E-state index in [0.717, 1.165) is 0 Å². The number of nitrogens with one attached hydrogen (secondary N) is 1. The van der Waals surface area contributed by atoms with Gasteiger partial charge in [-0.1, -0.05) is 30.3 Å². The standard InChI is InChI=1S/C21H19N3O5/c1-14-18(9-6-10-19(14)24(26)27)20-12-11-17(29-20)13-22-23-21(25)15(2)28-16-7-4-3-5-8-16/h3-13,15H,1-2H3,(H,23,25)/b22-13-/t15-/m0/s1. The van der Waals surface area contributed by atoms with Gasteiger partial charge < -0.3 is 9.15 Å². The number of nitrogens with zero attached hydrogens (tertiary/aromatic N) is 2. The minimum absolute atomic E-state index is 0.0220. The summed E-state index contributed by atoms with van der Waals surface area (Å²) in [6.45, 7) is 3.28. The number of hydrogen-bond acceptors (Lipinski definition) is 6. The average Bonchev–Trinajstić information content (AvgIpc) is 3.17. The fourth-order valence-corrected chi connectivity index (χ4v) is 2.66. The Bertz CT molecular complexity index is 1040. The fraction of sp³-hybridized carbons (Fsp3) is 0.143. The summed E-state index contributed by atoms with van der Waals surface area (Å²) in [5.41, 5.74) is 3.54. The number of hydrogen-bond donors (Lipinski definition) is 1. The molecule has 0 unspecified atom stereocenters. The van der Waals surface area contributed by atoms with Gasteiger partial charge in [0.25, 0.3) is 11.6 Å². The van der Waals surface area contributed by atoms with Crippen molar-refractivity contribution in [2.45, 2.75) is 20.0 Å². The second kappa shape index (κ2) is 8.83. The second-order valence-corrected chi connectivity index (χ2v) is 6.22. The van der Waals surface area contributed by atoms with Crippen LogP contribution in [0.3, 0.4) is 0 Å². The van der Waals surface area contributed by atoms with Gasteiger partial charge in [-0.05, 0) is 38.1 Å². The summed E-state index contributed by atoms with van der Waals surface area (Å²) in [6.07, 6.45) is 0.623. The molecule has 1 amide bonds. The van der Waals surface area contributed by atoms with Gasteiger partial charge in [0.05, 0.1) is 11.1 Å². The third-order valence-corrected chi connectivity index (χ3v) is 4.19. The first-order valence-electron chi connectivity index (χ1n) is 8.84. The maximum atomic E-state index is 12.1. The lowest BCUT2D eigenvalue weighted by molar-refractivity contribution is -0.385. The Balaban J connectivity index is 1.63. The van der Waals surface area contributed by atoms with E-state index in [2.05, 4.69) is 10.5 Å². The number of hydrazone groups is 1. The monoisotopic (exact) mass is 393 g/mol. The SMILES string of the molecule is Cc1c(-c2ccc(/C=N\NC(=O)[C@H](C)Oc3ccccc3)o2)cccc1[N+](=O)[O-]. The van der Waals surface area contributed by atoms with Crippen LogP contribution in [0.4, 0.5) is 5.69 Å². The van der Waals surface area contributed by atoms with Crippen molar-refractivity contribution in [2.24, 2.45) is 5.10 Å². The Morgan fingerprint density at radius 3 is 2.66 bits per heavy atom. The molecule has 0 saturated carbocycles. The number of ether oxygens (including phenoxy) is 1. The second-order valence-electron chi connectivity index (χ2n) is 6.22. The molecule has 3 rings (SSSR count). The highest BCUT2D eigenvalue weighted by molar-refractivity contribution is 5.83. The van der Waals surface area contributed by atoms with E-state index in [9.17, 15) is 14.9 Å². The first-order chi connectivity index (χ1) is 14.0. The molecule has 0 radical (unpaired) electrons. The summed E-state index contributed by atoms with van der Waals surface area (Å²) in [5.74, 6) is 1.04. The fourth-order valence-electron chi connectivity index (χ4n) is 2.66. The minimum atomic E-state index is -0.728. The lowest BCUT2D eigenvalue weighted by Gasteiger charge is -2.12. The van der Waals surface area contributed by atoms with Crippen LogP contribution in [0.2, 0.25) is 0 Å².